The normalized spacial score (nSPS) is 15.7. The molecule has 0 amide bonds. The molecular formula is C17H12O3S. The molecule has 1 aromatic carbocycles. The van der Waals surface area contributed by atoms with E-state index in [1.807, 2.05) is 17.5 Å². The number of rotatable bonds is 1. The van der Waals surface area contributed by atoms with Gasteiger partial charge in [-0.25, -0.2) is 0 Å². The second-order valence-electron chi connectivity index (χ2n) is 5.14. The number of thiophene rings is 1. The summed E-state index contributed by atoms with van der Waals surface area (Å²) < 4.78 is 5.84. The van der Waals surface area contributed by atoms with Crippen LogP contribution in [-0.2, 0) is 6.42 Å². The molecule has 0 aliphatic heterocycles. The lowest BCUT2D eigenvalue weighted by molar-refractivity contribution is 0.475. The molecule has 1 aliphatic rings. The lowest BCUT2D eigenvalue weighted by Gasteiger charge is -2.03. The van der Waals surface area contributed by atoms with Gasteiger partial charge in [0, 0.05) is 6.42 Å². The van der Waals surface area contributed by atoms with Gasteiger partial charge in [-0.05, 0) is 52.6 Å². The molecule has 4 heteroatoms. The van der Waals surface area contributed by atoms with Gasteiger partial charge in [-0.1, -0.05) is 6.08 Å². The van der Waals surface area contributed by atoms with Gasteiger partial charge in [0.15, 0.2) is 0 Å². The molecule has 4 rings (SSSR count). The lowest BCUT2D eigenvalue weighted by Crippen LogP contribution is -2.07. The summed E-state index contributed by atoms with van der Waals surface area (Å²) in [6.45, 7) is 0. The molecular weight excluding hydrogens is 284 g/mol. The molecule has 104 valence electrons. The van der Waals surface area contributed by atoms with E-state index in [-0.39, 0.29) is 11.2 Å². The van der Waals surface area contributed by atoms with Gasteiger partial charge in [-0.15, -0.1) is 0 Å². The van der Waals surface area contributed by atoms with Crippen LogP contribution in [0.3, 0.4) is 0 Å². The van der Waals surface area contributed by atoms with Crippen molar-refractivity contribution in [2.75, 3.05) is 0 Å². The van der Waals surface area contributed by atoms with Crippen LogP contribution in [0.1, 0.15) is 23.3 Å². The maximum absolute atomic E-state index is 12.7. The van der Waals surface area contributed by atoms with Crippen LogP contribution in [0.2, 0.25) is 0 Å². The van der Waals surface area contributed by atoms with Crippen molar-refractivity contribution in [3.63, 3.8) is 0 Å². The summed E-state index contributed by atoms with van der Waals surface area (Å²) in [7, 11) is 0. The Kier molecular flexibility index (Phi) is 2.72. The molecule has 0 radical (unpaired) electrons. The maximum Gasteiger partial charge on any atom is 0.200 e. The Bertz CT molecular complexity index is 917. The molecule has 2 aromatic heterocycles. The van der Waals surface area contributed by atoms with Gasteiger partial charge in [0.1, 0.15) is 17.1 Å². The fourth-order valence-electron chi connectivity index (χ4n) is 2.81. The van der Waals surface area contributed by atoms with E-state index in [1.54, 1.807) is 17.4 Å². The number of fused-ring (bicyclic) bond motifs is 2. The first-order chi connectivity index (χ1) is 10.2. The summed E-state index contributed by atoms with van der Waals surface area (Å²) in [5.41, 5.74) is 3.27. The number of phenols is 1. The molecule has 2 heterocycles. The predicted molar refractivity (Wildman–Crippen MR) is 84.7 cm³/mol. The SMILES string of the molecule is O=c1c2c(oc3ccc(O)cc13)CCC2=Cc1ccsc1. The Morgan fingerprint density at radius 3 is 2.95 bits per heavy atom. The van der Waals surface area contributed by atoms with Crippen molar-refractivity contribution in [2.45, 2.75) is 12.8 Å². The standard InChI is InChI=1S/C17H12O3S/c18-12-2-4-14-13(8-12)17(19)16-11(1-3-15(16)20-14)7-10-5-6-21-9-10/h2,4-9,18H,1,3H2. The van der Waals surface area contributed by atoms with Crippen molar-refractivity contribution in [3.05, 3.63) is 62.1 Å². The first-order valence-electron chi connectivity index (χ1n) is 6.74. The smallest absolute Gasteiger partial charge is 0.200 e. The number of allylic oxidation sites excluding steroid dienone is 1. The highest BCUT2D eigenvalue weighted by molar-refractivity contribution is 7.08. The second-order valence-corrected chi connectivity index (χ2v) is 5.92. The van der Waals surface area contributed by atoms with Crippen LogP contribution in [0.25, 0.3) is 22.6 Å². The maximum atomic E-state index is 12.7. The van der Waals surface area contributed by atoms with Crippen molar-refractivity contribution in [1.29, 1.82) is 0 Å². The van der Waals surface area contributed by atoms with Crippen molar-refractivity contribution in [3.8, 4) is 5.75 Å². The minimum atomic E-state index is -0.0545. The molecule has 0 saturated carbocycles. The monoisotopic (exact) mass is 296 g/mol. The lowest BCUT2D eigenvalue weighted by atomic mass is 10.1. The molecule has 1 aliphatic carbocycles. The van der Waals surface area contributed by atoms with E-state index in [0.717, 1.165) is 29.7 Å². The first kappa shape index (κ1) is 12.4. The molecule has 0 spiro atoms. The summed E-state index contributed by atoms with van der Waals surface area (Å²) in [4.78, 5) is 12.7. The van der Waals surface area contributed by atoms with Crippen LogP contribution in [0.5, 0.6) is 5.75 Å². The van der Waals surface area contributed by atoms with E-state index in [4.69, 9.17) is 4.42 Å². The van der Waals surface area contributed by atoms with Crippen LogP contribution < -0.4 is 5.43 Å². The van der Waals surface area contributed by atoms with Crippen molar-refractivity contribution >= 4 is 34.0 Å². The Balaban J connectivity index is 1.98. The Morgan fingerprint density at radius 2 is 2.14 bits per heavy atom. The fourth-order valence-corrected chi connectivity index (χ4v) is 3.42. The summed E-state index contributed by atoms with van der Waals surface area (Å²) in [5.74, 6) is 0.829. The zero-order chi connectivity index (χ0) is 14.4. The van der Waals surface area contributed by atoms with Crippen molar-refractivity contribution < 1.29 is 9.52 Å². The Hall–Kier alpha value is -2.33. The molecule has 21 heavy (non-hydrogen) atoms. The summed E-state index contributed by atoms with van der Waals surface area (Å²) in [5, 5.41) is 14.1. The van der Waals surface area contributed by atoms with Gasteiger partial charge in [-0.3, -0.25) is 4.79 Å². The number of aromatic hydroxyl groups is 1. The third kappa shape index (κ3) is 1.99. The highest BCUT2D eigenvalue weighted by atomic mass is 32.1. The molecule has 0 bridgehead atoms. The molecule has 0 unspecified atom stereocenters. The number of benzene rings is 1. The largest absolute Gasteiger partial charge is 0.508 e. The molecule has 3 nitrogen and oxygen atoms in total. The number of aryl methyl sites for hydroxylation is 1. The van der Waals surface area contributed by atoms with E-state index >= 15 is 0 Å². The number of hydrogen-bond donors (Lipinski definition) is 1. The zero-order valence-corrected chi connectivity index (χ0v) is 11.9. The van der Waals surface area contributed by atoms with Gasteiger partial charge in [-0.2, -0.15) is 11.3 Å². The van der Waals surface area contributed by atoms with Gasteiger partial charge in [0.25, 0.3) is 0 Å². The third-order valence-corrected chi connectivity index (χ3v) is 4.47. The predicted octanol–water partition coefficient (Wildman–Crippen LogP) is 4.05. The quantitative estimate of drug-likeness (QED) is 0.737. The van der Waals surface area contributed by atoms with E-state index in [0.29, 0.717) is 16.5 Å². The Morgan fingerprint density at radius 1 is 1.24 bits per heavy atom. The number of hydrogen-bond acceptors (Lipinski definition) is 4. The second kappa shape index (κ2) is 4.60. The minimum absolute atomic E-state index is 0.0545. The van der Waals surface area contributed by atoms with E-state index < -0.39 is 0 Å². The van der Waals surface area contributed by atoms with Crippen LogP contribution in [0.15, 0.2) is 44.2 Å². The number of phenolic OH excluding ortho intramolecular Hbond substituents is 1. The topological polar surface area (TPSA) is 50.4 Å². The van der Waals surface area contributed by atoms with E-state index in [2.05, 4.69) is 5.38 Å². The van der Waals surface area contributed by atoms with Crippen LogP contribution in [-0.4, -0.2) is 5.11 Å². The van der Waals surface area contributed by atoms with Crippen LogP contribution in [0.4, 0.5) is 0 Å². The average molecular weight is 296 g/mol. The van der Waals surface area contributed by atoms with Gasteiger partial charge >= 0.3 is 0 Å². The van der Waals surface area contributed by atoms with Gasteiger partial charge in [0.2, 0.25) is 5.43 Å². The molecule has 0 atom stereocenters. The molecule has 3 aromatic rings. The zero-order valence-electron chi connectivity index (χ0n) is 11.1. The van der Waals surface area contributed by atoms with E-state index in [1.165, 1.54) is 12.1 Å². The Labute approximate surface area is 124 Å². The molecule has 0 fully saturated rings. The summed E-state index contributed by atoms with van der Waals surface area (Å²) >= 11 is 1.63. The average Bonchev–Trinajstić information content (AvgIpc) is 3.11. The minimum Gasteiger partial charge on any atom is -0.508 e. The fraction of sp³-hybridized carbons (Fsp3) is 0.118. The molecule has 0 saturated heterocycles. The van der Waals surface area contributed by atoms with Gasteiger partial charge < -0.3 is 9.52 Å². The van der Waals surface area contributed by atoms with Crippen LogP contribution >= 0.6 is 11.3 Å². The van der Waals surface area contributed by atoms with Gasteiger partial charge in [0.05, 0.1) is 10.9 Å². The third-order valence-electron chi connectivity index (χ3n) is 3.77. The summed E-state index contributed by atoms with van der Waals surface area (Å²) in [6, 6.07) is 6.69. The summed E-state index contributed by atoms with van der Waals surface area (Å²) in [6.07, 6.45) is 3.61. The highest BCUT2D eigenvalue weighted by Gasteiger charge is 2.24. The first-order valence-corrected chi connectivity index (χ1v) is 7.68. The van der Waals surface area contributed by atoms with Crippen molar-refractivity contribution in [1.82, 2.24) is 0 Å². The van der Waals surface area contributed by atoms with Crippen molar-refractivity contribution in [2.24, 2.45) is 0 Å². The van der Waals surface area contributed by atoms with Crippen LogP contribution in [0, 0.1) is 0 Å². The van der Waals surface area contributed by atoms with E-state index in [9.17, 15) is 9.90 Å². The highest BCUT2D eigenvalue weighted by Crippen LogP contribution is 2.34. The molecule has 1 N–H and O–H groups in total.